The first-order valence-corrected chi connectivity index (χ1v) is 8.18. The summed E-state index contributed by atoms with van der Waals surface area (Å²) in [7, 11) is 1.65. The van der Waals surface area contributed by atoms with E-state index in [0.717, 1.165) is 34.7 Å². The molecule has 0 aliphatic carbocycles. The molecule has 128 valence electrons. The summed E-state index contributed by atoms with van der Waals surface area (Å²) < 4.78 is 5.25. The van der Waals surface area contributed by atoms with E-state index in [1.54, 1.807) is 7.11 Å². The molecule has 1 amide bonds. The predicted molar refractivity (Wildman–Crippen MR) is 94.5 cm³/mol. The van der Waals surface area contributed by atoms with Crippen LogP contribution in [0.4, 0.5) is 5.82 Å². The van der Waals surface area contributed by atoms with Crippen molar-refractivity contribution in [1.82, 2.24) is 19.9 Å². The third-order valence-electron chi connectivity index (χ3n) is 4.46. The molecule has 4 rings (SSSR count). The van der Waals surface area contributed by atoms with Gasteiger partial charge in [-0.3, -0.25) is 4.79 Å². The highest BCUT2D eigenvalue weighted by Gasteiger charge is 2.26. The van der Waals surface area contributed by atoms with Crippen LogP contribution >= 0.6 is 0 Å². The van der Waals surface area contributed by atoms with E-state index >= 15 is 0 Å². The molecule has 0 spiro atoms. The Morgan fingerprint density at radius 2 is 2.16 bits per heavy atom. The van der Waals surface area contributed by atoms with Gasteiger partial charge in [-0.25, -0.2) is 9.97 Å². The van der Waals surface area contributed by atoms with Crippen LogP contribution in [0.5, 0.6) is 5.75 Å². The molecule has 1 N–H and O–H groups in total. The smallest absolute Gasteiger partial charge is 0.242 e. The van der Waals surface area contributed by atoms with Gasteiger partial charge in [-0.2, -0.15) is 0 Å². The van der Waals surface area contributed by atoms with Gasteiger partial charge in [-0.05, 0) is 23.8 Å². The summed E-state index contributed by atoms with van der Waals surface area (Å²) in [6, 6.07) is 9.76. The molecule has 1 saturated heterocycles. The average molecular weight is 337 g/mol. The number of nitrogens with zero attached hydrogens (tertiary/aromatic N) is 4. The number of amides is 1. The standard InChI is InChI=1S/C18H19N5O2/c1-25-14-4-2-3-13(9-14)10-22-7-8-23(11-16(22)24)18-15-5-6-19-17(15)20-12-21-18/h2-6,9,12H,7-8,10-11H2,1H3,(H,19,20,21). The van der Waals surface area contributed by atoms with Gasteiger partial charge in [0.2, 0.25) is 5.91 Å². The van der Waals surface area contributed by atoms with Crippen LogP contribution in [-0.4, -0.2) is 52.5 Å². The third-order valence-corrected chi connectivity index (χ3v) is 4.46. The van der Waals surface area contributed by atoms with E-state index in [2.05, 4.69) is 15.0 Å². The maximum Gasteiger partial charge on any atom is 0.242 e. The van der Waals surface area contributed by atoms with Crippen LogP contribution in [0.1, 0.15) is 5.56 Å². The molecule has 2 aromatic heterocycles. The number of methoxy groups -OCH3 is 1. The van der Waals surface area contributed by atoms with E-state index in [1.807, 2.05) is 46.3 Å². The highest BCUT2D eigenvalue weighted by Crippen LogP contribution is 2.24. The number of hydrogen-bond donors (Lipinski definition) is 1. The van der Waals surface area contributed by atoms with Gasteiger partial charge in [-0.15, -0.1) is 0 Å². The Hall–Kier alpha value is -3.09. The summed E-state index contributed by atoms with van der Waals surface area (Å²) in [6.45, 7) is 2.31. The minimum Gasteiger partial charge on any atom is -0.497 e. The Labute approximate surface area is 145 Å². The maximum atomic E-state index is 12.6. The number of hydrogen-bond acceptors (Lipinski definition) is 5. The van der Waals surface area contributed by atoms with Gasteiger partial charge in [-0.1, -0.05) is 12.1 Å². The molecule has 3 heterocycles. The molecular weight excluding hydrogens is 318 g/mol. The van der Waals surface area contributed by atoms with E-state index < -0.39 is 0 Å². The van der Waals surface area contributed by atoms with E-state index in [-0.39, 0.29) is 5.91 Å². The van der Waals surface area contributed by atoms with Crippen LogP contribution in [0.25, 0.3) is 11.0 Å². The number of benzene rings is 1. The fourth-order valence-electron chi connectivity index (χ4n) is 3.16. The largest absolute Gasteiger partial charge is 0.497 e. The molecule has 25 heavy (non-hydrogen) atoms. The number of carbonyl (C=O) groups is 1. The highest BCUT2D eigenvalue weighted by atomic mass is 16.5. The maximum absolute atomic E-state index is 12.6. The van der Waals surface area contributed by atoms with E-state index in [9.17, 15) is 4.79 Å². The molecule has 0 unspecified atom stereocenters. The zero-order chi connectivity index (χ0) is 17.2. The normalized spacial score (nSPS) is 15.0. The van der Waals surface area contributed by atoms with Crippen molar-refractivity contribution in [1.29, 1.82) is 0 Å². The molecule has 3 aromatic rings. The summed E-state index contributed by atoms with van der Waals surface area (Å²) in [6.07, 6.45) is 3.37. The first-order valence-electron chi connectivity index (χ1n) is 8.18. The summed E-state index contributed by atoms with van der Waals surface area (Å²) in [5, 5.41) is 0.941. The summed E-state index contributed by atoms with van der Waals surface area (Å²) in [4.78, 5) is 28.2. The quantitative estimate of drug-likeness (QED) is 0.786. The minimum atomic E-state index is 0.0939. The summed E-state index contributed by atoms with van der Waals surface area (Å²) in [5.74, 6) is 1.71. The number of nitrogens with one attached hydrogen (secondary N) is 1. The van der Waals surface area contributed by atoms with Crippen molar-refractivity contribution in [2.75, 3.05) is 31.6 Å². The third kappa shape index (κ3) is 3.00. The van der Waals surface area contributed by atoms with Crippen molar-refractivity contribution in [3.8, 4) is 5.75 Å². The molecule has 0 bridgehead atoms. The van der Waals surface area contributed by atoms with Crippen LogP contribution in [-0.2, 0) is 11.3 Å². The van der Waals surface area contributed by atoms with Crippen molar-refractivity contribution in [2.45, 2.75) is 6.54 Å². The van der Waals surface area contributed by atoms with Crippen molar-refractivity contribution >= 4 is 22.8 Å². The number of aromatic amines is 1. The molecule has 7 nitrogen and oxygen atoms in total. The summed E-state index contributed by atoms with van der Waals surface area (Å²) >= 11 is 0. The molecule has 1 aliphatic rings. The lowest BCUT2D eigenvalue weighted by molar-refractivity contribution is -0.131. The van der Waals surface area contributed by atoms with E-state index in [4.69, 9.17) is 4.74 Å². The molecule has 0 atom stereocenters. The average Bonchev–Trinajstić information content (AvgIpc) is 3.12. The van der Waals surface area contributed by atoms with Crippen LogP contribution < -0.4 is 9.64 Å². The second kappa shape index (κ2) is 6.43. The monoisotopic (exact) mass is 337 g/mol. The van der Waals surface area contributed by atoms with Crippen molar-refractivity contribution in [3.05, 3.63) is 48.4 Å². The first kappa shape index (κ1) is 15.4. The van der Waals surface area contributed by atoms with Gasteiger partial charge in [0.25, 0.3) is 0 Å². The zero-order valence-electron chi connectivity index (χ0n) is 14.0. The first-order chi connectivity index (χ1) is 12.2. The van der Waals surface area contributed by atoms with Crippen LogP contribution in [0.3, 0.4) is 0 Å². The molecule has 7 heteroatoms. The second-order valence-electron chi connectivity index (χ2n) is 6.03. The predicted octanol–water partition coefficient (Wildman–Crippen LogP) is 1.82. The number of carbonyl (C=O) groups excluding carboxylic acids is 1. The van der Waals surface area contributed by atoms with Crippen LogP contribution in [0.2, 0.25) is 0 Å². The van der Waals surface area contributed by atoms with Gasteiger partial charge < -0.3 is 19.5 Å². The number of piperazine rings is 1. The lowest BCUT2D eigenvalue weighted by Crippen LogP contribution is -2.50. The van der Waals surface area contributed by atoms with Crippen molar-refractivity contribution in [2.24, 2.45) is 0 Å². The topological polar surface area (TPSA) is 74.3 Å². The zero-order valence-corrected chi connectivity index (χ0v) is 14.0. The number of ether oxygens (including phenoxy) is 1. The molecule has 1 aromatic carbocycles. The minimum absolute atomic E-state index is 0.0939. The number of aromatic nitrogens is 3. The number of rotatable bonds is 4. The highest BCUT2D eigenvalue weighted by molar-refractivity contribution is 5.90. The molecule has 1 aliphatic heterocycles. The van der Waals surface area contributed by atoms with Gasteiger partial charge >= 0.3 is 0 Å². The number of H-pyrrole nitrogens is 1. The summed E-state index contributed by atoms with van der Waals surface area (Å²) in [5.41, 5.74) is 1.85. The van der Waals surface area contributed by atoms with Crippen LogP contribution in [0, 0.1) is 0 Å². The molecule has 0 radical (unpaired) electrons. The van der Waals surface area contributed by atoms with Crippen molar-refractivity contribution in [3.63, 3.8) is 0 Å². The van der Waals surface area contributed by atoms with Crippen molar-refractivity contribution < 1.29 is 9.53 Å². The Kier molecular flexibility index (Phi) is 3.97. The van der Waals surface area contributed by atoms with Gasteiger partial charge in [0.1, 0.15) is 23.5 Å². The fraction of sp³-hybridized carbons (Fsp3) is 0.278. The van der Waals surface area contributed by atoms with Gasteiger partial charge in [0.05, 0.1) is 19.0 Å². The second-order valence-corrected chi connectivity index (χ2v) is 6.03. The Balaban J connectivity index is 1.49. The lowest BCUT2D eigenvalue weighted by Gasteiger charge is -2.35. The Morgan fingerprint density at radius 3 is 3.00 bits per heavy atom. The molecular formula is C18H19N5O2. The molecule has 0 saturated carbocycles. The van der Waals surface area contributed by atoms with Gasteiger partial charge in [0.15, 0.2) is 0 Å². The fourth-order valence-corrected chi connectivity index (χ4v) is 3.16. The van der Waals surface area contributed by atoms with E-state index in [1.165, 1.54) is 6.33 Å². The number of anilines is 1. The molecule has 1 fully saturated rings. The van der Waals surface area contributed by atoms with Crippen LogP contribution in [0.15, 0.2) is 42.9 Å². The SMILES string of the molecule is COc1cccc(CN2CCN(c3ncnc4[nH]ccc34)CC2=O)c1. The number of fused-ring (bicyclic) bond motifs is 1. The lowest BCUT2D eigenvalue weighted by atomic mass is 10.2. The Bertz CT molecular complexity index is 907. The van der Waals surface area contributed by atoms with E-state index in [0.29, 0.717) is 19.6 Å². The van der Waals surface area contributed by atoms with Gasteiger partial charge in [0, 0.05) is 25.8 Å². The Morgan fingerprint density at radius 1 is 1.24 bits per heavy atom.